The van der Waals surface area contributed by atoms with E-state index >= 15 is 0 Å². The Morgan fingerprint density at radius 2 is 1.90 bits per heavy atom. The number of benzene rings is 1. The number of halogens is 1. The molecule has 1 aromatic heterocycles. The highest BCUT2D eigenvalue weighted by Gasteiger charge is 2.16. The molecule has 0 aliphatic carbocycles. The van der Waals surface area contributed by atoms with Gasteiger partial charge in [-0.05, 0) is 45.0 Å². The minimum absolute atomic E-state index is 0.332. The minimum Gasteiger partial charge on any atom is -0.310 e. The van der Waals surface area contributed by atoms with Gasteiger partial charge in [-0.25, -0.2) is 0 Å². The Balaban J connectivity index is 2.25. The van der Waals surface area contributed by atoms with Crippen molar-refractivity contribution in [3.8, 4) is 0 Å². The molecule has 0 saturated heterocycles. The molecule has 1 heterocycles. The van der Waals surface area contributed by atoms with Gasteiger partial charge in [-0.2, -0.15) is 5.10 Å². The van der Waals surface area contributed by atoms with E-state index in [9.17, 15) is 0 Å². The van der Waals surface area contributed by atoms with Crippen LogP contribution in [0, 0.1) is 13.8 Å². The first-order valence-electron chi connectivity index (χ1n) is 7.04. The molecule has 0 spiro atoms. The van der Waals surface area contributed by atoms with Crippen molar-refractivity contribution in [2.24, 2.45) is 0 Å². The van der Waals surface area contributed by atoms with E-state index in [0.29, 0.717) is 6.04 Å². The molecule has 0 aliphatic heterocycles. The first-order valence-corrected chi connectivity index (χ1v) is 7.42. The first kappa shape index (κ1) is 15.1. The molecule has 20 heavy (non-hydrogen) atoms. The molecule has 1 N–H and O–H groups in total. The number of hydrogen-bond acceptors (Lipinski definition) is 2. The highest BCUT2D eigenvalue weighted by molar-refractivity contribution is 6.30. The van der Waals surface area contributed by atoms with E-state index in [4.69, 9.17) is 11.6 Å². The summed E-state index contributed by atoms with van der Waals surface area (Å²) >= 11 is 5.92. The molecule has 0 bridgehead atoms. The average Bonchev–Trinajstić information content (AvgIpc) is 2.67. The Kier molecular flexibility index (Phi) is 4.84. The molecule has 108 valence electrons. The number of aryl methyl sites for hydroxylation is 1. The Morgan fingerprint density at radius 3 is 2.50 bits per heavy atom. The van der Waals surface area contributed by atoms with E-state index in [0.717, 1.165) is 23.8 Å². The van der Waals surface area contributed by atoms with Gasteiger partial charge in [0.05, 0.1) is 12.2 Å². The molecular formula is C16H22ClN3. The normalized spacial score (nSPS) is 12.7. The lowest BCUT2D eigenvalue weighted by molar-refractivity contribution is 0.589. The van der Waals surface area contributed by atoms with Crippen molar-refractivity contribution in [1.82, 2.24) is 15.1 Å². The number of nitrogens with one attached hydrogen (secondary N) is 1. The van der Waals surface area contributed by atoms with Crippen molar-refractivity contribution in [1.29, 1.82) is 0 Å². The van der Waals surface area contributed by atoms with Gasteiger partial charge in [0.15, 0.2) is 0 Å². The van der Waals surface area contributed by atoms with Crippen LogP contribution in [0.5, 0.6) is 0 Å². The molecule has 2 rings (SSSR count). The monoisotopic (exact) mass is 291 g/mol. The average molecular weight is 292 g/mol. The molecule has 0 radical (unpaired) electrons. The van der Waals surface area contributed by atoms with Crippen molar-refractivity contribution < 1.29 is 0 Å². The lowest BCUT2D eigenvalue weighted by Gasteiger charge is -2.13. The summed E-state index contributed by atoms with van der Waals surface area (Å²) in [5, 5.41) is 8.90. The third-order valence-electron chi connectivity index (χ3n) is 3.63. The maximum atomic E-state index is 5.92. The van der Waals surface area contributed by atoms with E-state index in [-0.39, 0.29) is 0 Å². The molecule has 0 fully saturated rings. The molecule has 1 unspecified atom stereocenters. The standard InChI is InChI=1S/C16H22ClN3/c1-5-18-11(2)16-12(3)19-20(13(16)4)10-14-6-8-15(17)9-7-14/h6-9,11,18H,5,10H2,1-4H3. The molecule has 2 aromatic rings. The Bertz CT molecular complexity index is 572. The largest absolute Gasteiger partial charge is 0.310 e. The molecular weight excluding hydrogens is 270 g/mol. The number of aromatic nitrogens is 2. The van der Waals surface area contributed by atoms with Gasteiger partial charge in [-0.15, -0.1) is 0 Å². The lowest BCUT2D eigenvalue weighted by Crippen LogP contribution is -2.19. The zero-order valence-electron chi connectivity index (χ0n) is 12.6. The Hall–Kier alpha value is -1.32. The second-order valence-electron chi connectivity index (χ2n) is 5.15. The first-order chi connectivity index (χ1) is 9.52. The van der Waals surface area contributed by atoms with Gasteiger partial charge in [0, 0.05) is 22.3 Å². The summed E-state index contributed by atoms with van der Waals surface area (Å²) in [5.41, 5.74) is 4.85. The fourth-order valence-corrected chi connectivity index (χ4v) is 2.79. The molecule has 0 amide bonds. The van der Waals surface area contributed by atoms with Gasteiger partial charge in [0.1, 0.15) is 0 Å². The van der Waals surface area contributed by atoms with Gasteiger partial charge in [0.2, 0.25) is 0 Å². The fraction of sp³-hybridized carbons (Fsp3) is 0.438. The zero-order chi connectivity index (χ0) is 14.7. The van der Waals surface area contributed by atoms with Crippen LogP contribution in [0.15, 0.2) is 24.3 Å². The van der Waals surface area contributed by atoms with Crippen molar-refractivity contribution in [3.05, 3.63) is 51.8 Å². The van der Waals surface area contributed by atoms with Crippen molar-refractivity contribution in [2.45, 2.75) is 40.3 Å². The zero-order valence-corrected chi connectivity index (χ0v) is 13.3. The van der Waals surface area contributed by atoms with E-state index in [2.05, 4.69) is 42.8 Å². The summed E-state index contributed by atoms with van der Waals surface area (Å²) in [6, 6.07) is 8.27. The summed E-state index contributed by atoms with van der Waals surface area (Å²) in [4.78, 5) is 0. The van der Waals surface area contributed by atoms with Crippen molar-refractivity contribution in [3.63, 3.8) is 0 Å². The highest BCUT2D eigenvalue weighted by atomic mass is 35.5. The van der Waals surface area contributed by atoms with Crippen LogP contribution < -0.4 is 5.32 Å². The van der Waals surface area contributed by atoms with Gasteiger partial charge in [0.25, 0.3) is 0 Å². The third kappa shape index (κ3) is 3.22. The SMILES string of the molecule is CCNC(C)c1c(C)nn(Cc2ccc(Cl)cc2)c1C. The van der Waals surface area contributed by atoms with Crippen LogP contribution in [0.3, 0.4) is 0 Å². The highest BCUT2D eigenvalue weighted by Crippen LogP contribution is 2.22. The van der Waals surface area contributed by atoms with Gasteiger partial charge >= 0.3 is 0 Å². The minimum atomic E-state index is 0.332. The van der Waals surface area contributed by atoms with E-state index in [1.54, 1.807) is 0 Å². The Morgan fingerprint density at radius 1 is 1.25 bits per heavy atom. The van der Waals surface area contributed by atoms with E-state index in [1.807, 2.05) is 24.3 Å². The summed E-state index contributed by atoms with van der Waals surface area (Å²) < 4.78 is 2.07. The van der Waals surface area contributed by atoms with E-state index < -0.39 is 0 Å². The maximum absolute atomic E-state index is 5.92. The molecule has 4 heteroatoms. The predicted octanol–water partition coefficient (Wildman–Crippen LogP) is 3.87. The second-order valence-corrected chi connectivity index (χ2v) is 5.58. The third-order valence-corrected chi connectivity index (χ3v) is 3.88. The molecule has 1 atom stereocenters. The topological polar surface area (TPSA) is 29.9 Å². The fourth-order valence-electron chi connectivity index (χ4n) is 2.66. The Labute approximate surface area is 126 Å². The van der Waals surface area contributed by atoms with Crippen LogP contribution >= 0.6 is 11.6 Å². The van der Waals surface area contributed by atoms with Crippen molar-refractivity contribution >= 4 is 11.6 Å². The predicted molar refractivity (Wildman–Crippen MR) is 84.3 cm³/mol. The van der Waals surface area contributed by atoms with Crippen LogP contribution in [-0.4, -0.2) is 16.3 Å². The summed E-state index contributed by atoms with van der Waals surface area (Å²) in [7, 11) is 0. The smallest absolute Gasteiger partial charge is 0.0662 e. The van der Waals surface area contributed by atoms with Gasteiger partial charge in [-0.3, -0.25) is 4.68 Å². The van der Waals surface area contributed by atoms with E-state index in [1.165, 1.54) is 16.8 Å². The molecule has 0 aliphatic rings. The van der Waals surface area contributed by atoms with Crippen LogP contribution in [0.1, 0.15) is 42.4 Å². The van der Waals surface area contributed by atoms with Gasteiger partial charge in [-0.1, -0.05) is 30.7 Å². The van der Waals surface area contributed by atoms with Crippen LogP contribution in [-0.2, 0) is 6.54 Å². The number of nitrogens with zero attached hydrogens (tertiary/aromatic N) is 2. The number of rotatable bonds is 5. The molecule has 0 saturated carbocycles. The maximum Gasteiger partial charge on any atom is 0.0662 e. The quantitative estimate of drug-likeness (QED) is 0.906. The van der Waals surface area contributed by atoms with Crippen LogP contribution in [0.4, 0.5) is 0 Å². The lowest BCUT2D eigenvalue weighted by atomic mass is 10.1. The summed E-state index contributed by atoms with van der Waals surface area (Å²) in [6.45, 7) is 10.3. The van der Waals surface area contributed by atoms with Crippen LogP contribution in [0.2, 0.25) is 5.02 Å². The summed E-state index contributed by atoms with van der Waals surface area (Å²) in [6.07, 6.45) is 0. The number of hydrogen-bond donors (Lipinski definition) is 1. The van der Waals surface area contributed by atoms with Gasteiger partial charge < -0.3 is 5.32 Å². The molecule has 1 aromatic carbocycles. The summed E-state index contributed by atoms with van der Waals surface area (Å²) in [5.74, 6) is 0. The second kappa shape index (κ2) is 6.42. The van der Waals surface area contributed by atoms with Crippen molar-refractivity contribution in [2.75, 3.05) is 6.54 Å². The molecule has 3 nitrogen and oxygen atoms in total. The van der Waals surface area contributed by atoms with Crippen LogP contribution in [0.25, 0.3) is 0 Å².